The average Bonchev–Trinajstić information content (AvgIpc) is 2.99. The highest BCUT2D eigenvalue weighted by molar-refractivity contribution is 5.54. The molecular formula is C16H23N3O. The summed E-state index contributed by atoms with van der Waals surface area (Å²) in [6.45, 7) is 0.564. The van der Waals surface area contributed by atoms with Crippen molar-refractivity contribution in [1.29, 1.82) is 0 Å². The summed E-state index contributed by atoms with van der Waals surface area (Å²) in [5.74, 6) is 1.12. The van der Waals surface area contributed by atoms with Gasteiger partial charge in [-0.3, -0.25) is 0 Å². The summed E-state index contributed by atoms with van der Waals surface area (Å²) in [6.07, 6.45) is 7.51. The van der Waals surface area contributed by atoms with Crippen LogP contribution in [0.5, 0.6) is 0 Å². The van der Waals surface area contributed by atoms with E-state index < -0.39 is 0 Å². The summed E-state index contributed by atoms with van der Waals surface area (Å²) in [5, 5.41) is 9.96. The molecule has 1 aromatic heterocycles. The van der Waals surface area contributed by atoms with E-state index in [2.05, 4.69) is 11.0 Å². The van der Waals surface area contributed by atoms with Gasteiger partial charge in [-0.2, -0.15) is 0 Å². The average molecular weight is 273 g/mol. The fourth-order valence-electron chi connectivity index (χ4n) is 4.38. The van der Waals surface area contributed by atoms with Crippen molar-refractivity contribution in [3.05, 3.63) is 22.9 Å². The summed E-state index contributed by atoms with van der Waals surface area (Å²) in [7, 11) is 0. The molecule has 2 saturated heterocycles. The summed E-state index contributed by atoms with van der Waals surface area (Å²) in [4.78, 5) is 7.46. The van der Waals surface area contributed by atoms with Crippen molar-refractivity contribution in [3.8, 4) is 0 Å². The first kappa shape index (κ1) is 12.6. The molecule has 1 aliphatic carbocycles. The lowest BCUT2D eigenvalue weighted by molar-refractivity contribution is 0.126. The molecule has 0 aromatic carbocycles. The molecule has 4 nitrogen and oxygen atoms in total. The maximum atomic E-state index is 9.96. The van der Waals surface area contributed by atoms with Crippen LogP contribution in [0.2, 0.25) is 0 Å². The first-order valence-electron chi connectivity index (χ1n) is 7.94. The van der Waals surface area contributed by atoms with Gasteiger partial charge in [0.1, 0.15) is 5.82 Å². The number of hydrogen-bond donors (Lipinski definition) is 2. The second-order valence-corrected chi connectivity index (χ2v) is 6.55. The van der Waals surface area contributed by atoms with E-state index in [9.17, 15) is 5.11 Å². The molecule has 0 saturated carbocycles. The molecule has 2 aliphatic heterocycles. The van der Waals surface area contributed by atoms with Crippen LogP contribution in [0.3, 0.4) is 0 Å². The molecule has 20 heavy (non-hydrogen) atoms. The molecule has 3 heterocycles. The van der Waals surface area contributed by atoms with Gasteiger partial charge in [0.2, 0.25) is 0 Å². The molecule has 3 aliphatic rings. The molecule has 3 N–H and O–H groups in total. The van der Waals surface area contributed by atoms with Crippen LogP contribution in [-0.4, -0.2) is 28.3 Å². The Bertz CT molecular complexity index is 517. The number of rotatable bonds is 2. The number of hydrogen-bond acceptors (Lipinski definition) is 4. The number of aryl methyl sites for hydroxylation is 2. The Morgan fingerprint density at radius 2 is 2.00 bits per heavy atom. The number of nitrogens with two attached hydrogens (primary N) is 1. The Morgan fingerprint density at radius 3 is 2.70 bits per heavy atom. The zero-order valence-electron chi connectivity index (χ0n) is 11.9. The van der Waals surface area contributed by atoms with Crippen molar-refractivity contribution in [2.24, 2.45) is 5.73 Å². The van der Waals surface area contributed by atoms with E-state index in [4.69, 9.17) is 10.7 Å². The molecule has 2 bridgehead atoms. The van der Waals surface area contributed by atoms with Crippen LogP contribution < -0.4 is 10.6 Å². The third-order valence-electron chi connectivity index (χ3n) is 5.28. The minimum Gasteiger partial charge on any atom is -0.393 e. The molecule has 2 fully saturated rings. The standard InChI is InChI=1S/C16H23N3O/c17-9-11-6-10-2-1-3-15(10)18-16(11)19-12-4-5-13(19)8-14(20)7-12/h6,12-14,20H,1-5,7-9,17H2. The highest BCUT2D eigenvalue weighted by Gasteiger charge is 2.41. The van der Waals surface area contributed by atoms with Crippen LogP contribution in [-0.2, 0) is 19.4 Å². The lowest BCUT2D eigenvalue weighted by Crippen LogP contribution is -2.45. The fraction of sp³-hybridized carbons (Fsp3) is 0.688. The second-order valence-electron chi connectivity index (χ2n) is 6.55. The number of aliphatic hydroxyl groups excluding tert-OH is 1. The largest absolute Gasteiger partial charge is 0.393 e. The minimum atomic E-state index is -0.125. The number of pyridine rings is 1. The topological polar surface area (TPSA) is 62.4 Å². The van der Waals surface area contributed by atoms with E-state index >= 15 is 0 Å². The molecule has 0 spiro atoms. The van der Waals surface area contributed by atoms with Crippen LogP contribution in [0.15, 0.2) is 6.07 Å². The Labute approximate surface area is 120 Å². The van der Waals surface area contributed by atoms with E-state index in [-0.39, 0.29) is 6.10 Å². The van der Waals surface area contributed by atoms with Crippen molar-refractivity contribution in [3.63, 3.8) is 0 Å². The zero-order valence-corrected chi connectivity index (χ0v) is 11.9. The molecule has 0 radical (unpaired) electrons. The lowest BCUT2D eigenvalue weighted by Gasteiger charge is -2.39. The smallest absolute Gasteiger partial charge is 0.133 e. The zero-order chi connectivity index (χ0) is 13.7. The number of aliphatic hydroxyl groups is 1. The van der Waals surface area contributed by atoms with Crippen molar-refractivity contribution >= 4 is 5.82 Å². The quantitative estimate of drug-likeness (QED) is 0.857. The minimum absolute atomic E-state index is 0.125. The number of aromatic nitrogens is 1. The molecule has 1 aromatic rings. The summed E-state index contributed by atoms with van der Waals surface area (Å²) in [5.41, 5.74) is 9.85. The fourth-order valence-corrected chi connectivity index (χ4v) is 4.38. The summed E-state index contributed by atoms with van der Waals surface area (Å²) < 4.78 is 0. The summed E-state index contributed by atoms with van der Waals surface area (Å²) in [6, 6.07) is 3.21. The van der Waals surface area contributed by atoms with Gasteiger partial charge in [0.15, 0.2) is 0 Å². The van der Waals surface area contributed by atoms with Crippen LogP contribution in [0.4, 0.5) is 5.82 Å². The Hall–Kier alpha value is -1.13. The molecule has 4 heteroatoms. The van der Waals surface area contributed by atoms with Gasteiger partial charge >= 0.3 is 0 Å². The lowest BCUT2D eigenvalue weighted by atomic mass is 9.98. The van der Waals surface area contributed by atoms with Gasteiger partial charge in [-0.15, -0.1) is 0 Å². The van der Waals surface area contributed by atoms with E-state index in [1.54, 1.807) is 0 Å². The maximum Gasteiger partial charge on any atom is 0.133 e. The molecule has 0 amide bonds. The first-order chi connectivity index (χ1) is 9.76. The number of piperidine rings is 1. The predicted octanol–water partition coefficient (Wildman–Crippen LogP) is 1.52. The monoisotopic (exact) mass is 273 g/mol. The maximum absolute atomic E-state index is 9.96. The van der Waals surface area contributed by atoms with E-state index in [0.717, 1.165) is 31.5 Å². The molecule has 108 valence electrons. The van der Waals surface area contributed by atoms with Gasteiger partial charge in [0.05, 0.1) is 6.10 Å². The van der Waals surface area contributed by atoms with Gasteiger partial charge in [0, 0.05) is 29.9 Å². The molecular weight excluding hydrogens is 250 g/mol. The van der Waals surface area contributed by atoms with Gasteiger partial charge in [-0.05, 0) is 56.6 Å². The van der Waals surface area contributed by atoms with Crippen molar-refractivity contribution in [1.82, 2.24) is 4.98 Å². The third kappa shape index (κ3) is 1.85. The third-order valence-corrected chi connectivity index (χ3v) is 5.28. The Kier molecular flexibility index (Phi) is 2.97. The summed E-state index contributed by atoms with van der Waals surface area (Å²) >= 11 is 0. The van der Waals surface area contributed by atoms with E-state index in [1.807, 2.05) is 0 Å². The van der Waals surface area contributed by atoms with Gasteiger partial charge in [-0.25, -0.2) is 4.98 Å². The number of fused-ring (bicyclic) bond motifs is 3. The molecule has 2 atom stereocenters. The number of anilines is 1. The van der Waals surface area contributed by atoms with Crippen LogP contribution in [0.25, 0.3) is 0 Å². The first-order valence-corrected chi connectivity index (χ1v) is 7.94. The van der Waals surface area contributed by atoms with Gasteiger partial charge < -0.3 is 15.7 Å². The molecule has 2 unspecified atom stereocenters. The van der Waals surface area contributed by atoms with Gasteiger partial charge in [0.25, 0.3) is 0 Å². The Balaban J connectivity index is 1.75. The van der Waals surface area contributed by atoms with Crippen LogP contribution in [0.1, 0.15) is 48.9 Å². The highest BCUT2D eigenvalue weighted by Crippen LogP contribution is 2.40. The van der Waals surface area contributed by atoms with Crippen LogP contribution >= 0.6 is 0 Å². The predicted molar refractivity (Wildman–Crippen MR) is 78.7 cm³/mol. The number of nitrogens with zero attached hydrogens (tertiary/aromatic N) is 2. The van der Waals surface area contributed by atoms with Crippen molar-refractivity contribution in [2.75, 3.05) is 4.90 Å². The second kappa shape index (κ2) is 4.71. The van der Waals surface area contributed by atoms with Crippen LogP contribution in [0, 0.1) is 0 Å². The highest BCUT2D eigenvalue weighted by atomic mass is 16.3. The van der Waals surface area contributed by atoms with E-state index in [0.29, 0.717) is 18.6 Å². The van der Waals surface area contributed by atoms with Crippen molar-refractivity contribution in [2.45, 2.75) is 69.7 Å². The van der Waals surface area contributed by atoms with E-state index in [1.165, 1.54) is 36.1 Å². The van der Waals surface area contributed by atoms with Gasteiger partial charge in [-0.1, -0.05) is 0 Å². The SMILES string of the molecule is NCc1cc2c(nc1N1C3CCC1CC(O)C3)CCC2. The van der Waals surface area contributed by atoms with Crippen molar-refractivity contribution < 1.29 is 5.11 Å². The Morgan fingerprint density at radius 1 is 1.25 bits per heavy atom. The molecule has 4 rings (SSSR count). The normalized spacial score (nSPS) is 31.7.